The first-order chi connectivity index (χ1) is 9.17. The average Bonchev–Trinajstić information content (AvgIpc) is 2.41. The summed E-state index contributed by atoms with van der Waals surface area (Å²) >= 11 is 1.89. The van der Waals surface area contributed by atoms with Gasteiger partial charge in [-0.15, -0.1) is 11.8 Å². The third-order valence-corrected chi connectivity index (χ3v) is 4.14. The maximum absolute atomic E-state index is 9.14. The second kappa shape index (κ2) is 7.29. The predicted molar refractivity (Wildman–Crippen MR) is 79.5 cm³/mol. The lowest BCUT2D eigenvalue weighted by atomic mass is 10.2. The highest BCUT2D eigenvalue weighted by molar-refractivity contribution is 7.99. The van der Waals surface area contributed by atoms with Crippen LogP contribution in [0.4, 0.5) is 0 Å². The summed E-state index contributed by atoms with van der Waals surface area (Å²) in [5.74, 6) is 0. The van der Waals surface area contributed by atoms with Crippen LogP contribution in [0.5, 0.6) is 0 Å². The van der Waals surface area contributed by atoms with Gasteiger partial charge in [-0.1, -0.05) is 26.0 Å². The lowest BCUT2D eigenvalue weighted by Crippen LogP contribution is -2.43. The number of benzene rings is 1. The van der Waals surface area contributed by atoms with Gasteiger partial charge in [-0.3, -0.25) is 4.90 Å². The number of ether oxygens (including phenoxy) is 1. The highest BCUT2D eigenvalue weighted by Crippen LogP contribution is 2.23. The fourth-order valence-electron chi connectivity index (χ4n) is 2.24. The van der Waals surface area contributed by atoms with Crippen LogP contribution in [0.2, 0.25) is 0 Å². The van der Waals surface area contributed by atoms with Crippen molar-refractivity contribution in [2.75, 3.05) is 26.3 Å². The van der Waals surface area contributed by atoms with Crippen molar-refractivity contribution in [2.45, 2.75) is 36.6 Å². The summed E-state index contributed by atoms with van der Waals surface area (Å²) in [5, 5.41) is 9.76. The summed E-state index contributed by atoms with van der Waals surface area (Å²) in [6.07, 6.45) is -0.0236. The van der Waals surface area contributed by atoms with E-state index in [-0.39, 0.29) is 12.7 Å². The highest BCUT2D eigenvalue weighted by atomic mass is 32.2. The third-order valence-electron chi connectivity index (χ3n) is 3.13. The van der Waals surface area contributed by atoms with Gasteiger partial charge in [0.15, 0.2) is 0 Å². The van der Waals surface area contributed by atoms with Crippen LogP contribution >= 0.6 is 11.8 Å². The van der Waals surface area contributed by atoms with Gasteiger partial charge < -0.3 is 9.84 Å². The lowest BCUT2D eigenvalue weighted by molar-refractivity contribution is -0.0551. The molecular formula is C15H23NO2S. The Labute approximate surface area is 120 Å². The fourth-order valence-corrected chi connectivity index (χ4v) is 3.08. The lowest BCUT2D eigenvalue weighted by Gasteiger charge is -2.32. The second-order valence-electron chi connectivity index (χ2n) is 5.22. The number of hydrogen-bond donors (Lipinski definition) is 1. The number of aliphatic hydroxyl groups is 1. The molecule has 1 unspecified atom stereocenters. The average molecular weight is 281 g/mol. The van der Waals surface area contributed by atoms with Crippen LogP contribution in [0.15, 0.2) is 29.2 Å². The molecule has 1 fully saturated rings. The third kappa shape index (κ3) is 4.80. The van der Waals surface area contributed by atoms with Gasteiger partial charge in [0.25, 0.3) is 0 Å². The Morgan fingerprint density at radius 3 is 2.74 bits per heavy atom. The first-order valence-electron chi connectivity index (χ1n) is 6.88. The van der Waals surface area contributed by atoms with Gasteiger partial charge in [0.1, 0.15) is 0 Å². The maximum Gasteiger partial charge on any atom is 0.0933 e. The molecule has 1 aromatic carbocycles. The number of thioether (sulfide) groups is 1. The van der Waals surface area contributed by atoms with Crippen LogP contribution in [0.1, 0.15) is 19.4 Å². The first-order valence-corrected chi connectivity index (χ1v) is 7.75. The van der Waals surface area contributed by atoms with Gasteiger partial charge in [-0.05, 0) is 17.7 Å². The molecule has 0 amide bonds. The minimum atomic E-state index is -0.0236. The van der Waals surface area contributed by atoms with Gasteiger partial charge in [-0.2, -0.15) is 0 Å². The van der Waals surface area contributed by atoms with E-state index in [9.17, 15) is 0 Å². The summed E-state index contributed by atoms with van der Waals surface area (Å²) in [4.78, 5) is 3.67. The van der Waals surface area contributed by atoms with E-state index in [1.807, 2.05) is 11.8 Å². The fraction of sp³-hybridized carbons (Fsp3) is 0.600. The molecular weight excluding hydrogens is 258 g/mol. The molecule has 3 nitrogen and oxygen atoms in total. The standard InChI is InChI=1S/C15H23NO2S/c1-12(2)19-15-5-3-13(4-6-15)9-16-7-8-18-14(10-16)11-17/h3-6,12,14,17H,7-11H2,1-2H3. The molecule has 1 atom stereocenters. The Morgan fingerprint density at radius 1 is 1.37 bits per heavy atom. The zero-order chi connectivity index (χ0) is 13.7. The van der Waals surface area contributed by atoms with Gasteiger partial charge in [0.2, 0.25) is 0 Å². The largest absolute Gasteiger partial charge is 0.394 e. The number of aliphatic hydroxyl groups excluding tert-OH is 1. The van der Waals surface area contributed by atoms with Crippen molar-refractivity contribution in [3.63, 3.8) is 0 Å². The molecule has 0 saturated carbocycles. The van der Waals surface area contributed by atoms with Gasteiger partial charge in [-0.25, -0.2) is 0 Å². The van der Waals surface area contributed by atoms with Crippen LogP contribution in [-0.2, 0) is 11.3 Å². The van der Waals surface area contributed by atoms with E-state index in [0.29, 0.717) is 11.9 Å². The number of hydrogen-bond acceptors (Lipinski definition) is 4. The topological polar surface area (TPSA) is 32.7 Å². The summed E-state index contributed by atoms with van der Waals surface area (Å²) in [6.45, 7) is 7.94. The Hall–Kier alpha value is -0.550. The summed E-state index contributed by atoms with van der Waals surface area (Å²) in [7, 11) is 0. The van der Waals surface area contributed by atoms with Crippen LogP contribution in [0.3, 0.4) is 0 Å². The van der Waals surface area contributed by atoms with Crippen molar-refractivity contribution in [1.29, 1.82) is 0 Å². The first kappa shape index (κ1) is 14.9. The van der Waals surface area contributed by atoms with Crippen molar-refractivity contribution in [2.24, 2.45) is 0 Å². The molecule has 0 aromatic heterocycles. The van der Waals surface area contributed by atoms with Crippen LogP contribution < -0.4 is 0 Å². The normalized spacial score (nSPS) is 20.9. The van der Waals surface area contributed by atoms with Crippen molar-refractivity contribution >= 4 is 11.8 Å². The van der Waals surface area contributed by atoms with E-state index < -0.39 is 0 Å². The summed E-state index contributed by atoms with van der Waals surface area (Å²) in [5.41, 5.74) is 1.33. The molecule has 1 N–H and O–H groups in total. The minimum absolute atomic E-state index is 0.0236. The molecule has 0 aliphatic carbocycles. The van der Waals surface area contributed by atoms with Crippen molar-refractivity contribution in [3.8, 4) is 0 Å². The van der Waals surface area contributed by atoms with E-state index in [2.05, 4.69) is 43.0 Å². The zero-order valence-electron chi connectivity index (χ0n) is 11.7. The highest BCUT2D eigenvalue weighted by Gasteiger charge is 2.19. The molecule has 1 aliphatic heterocycles. The molecule has 19 heavy (non-hydrogen) atoms. The molecule has 1 aromatic rings. The zero-order valence-corrected chi connectivity index (χ0v) is 12.5. The minimum Gasteiger partial charge on any atom is -0.394 e. The Bertz CT molecular complexity index is 380. The molecule has 0 radical (unpaired) electrons. The van der Waals surface area contributed by atoms with E-state index in [1.165, 1.54) is 10.5 Å². The molecule has 106 valence electrons. The molecule has 0 spiro atoms. The Kier molecular flexibility index (Phi) is 5.70. The van der Waals surface area contributed by atoms with Gasteiger partial charge in [0.05, 0.1) is 19.3 Å². The van der Waals surface area contributed by atoms with Crippen molar-refractivity contribution in [3.05, 3.63) is 29.8 Å². The quantitative estimate of drug-likeness (QED) is 0.840. The van der Waals surface area contributed by atoms with Crippen molar-refractivity contribution in [1.82, 2.24) is 4.90 Å². The molecule has 1 saturated heterocycles. The summed E-state index contributed by atoms with van der Waals surface area (Å²) < 4.78 is 5.46. The molecule has 1 aliphatic rings. The second-order valence-corrected chi connectivity index (χ2v) is 6.87. The van der Waals surface area contributed by atoms with Crippen LogP contribution in [-0.4, -0.2) is 47.7 Å². The van der Waals surface area contributed by atoms with E-state index >= 15 is 0 Å². The Balaban J connectivity index is 1.88. The Morgan fingerprint density at radius 2 is 2.11 bits per heavy atom. The monoisotopic (exact) mass is 281 g/mol. The molecule has 1 heterocycles. The van der Waals surface area contributed by atoms with Gasteiger partial charge in [0, 0.05) is 29.8 Å². The molecule has 2 rings (SSSR count). The van der Waals surface area contributed by atoms with E-state index in [1.54, 1.807) is 0 Å². The number of rotatable bonds is 5. The SMILES string of the molecule is CC(C)Sc1ccc(CN2CCOC(CO)C2)cc1. The van der Waals surface area contributed by atoms with Crippen LogP contribution in [0, 0.1) is 0 Å². The number of nitrogens with zero attached hydrogens (tertiary/aromatic N) is 1. The molecule has 0 bridgehead atoms. The summed E-state index contributed by atoms with van der Waals surface area (Å²) in [6, 6.07) is 8.80. The van der Waals surface area contributed by atoms with E-state index in [4.69, 9.17) is 9.84 Å². The van der Waals surface area contributed by atoms with Crippen molar-refractivity contribution < 1.29 is 9.84 Å². The maximum atomic E-state index is 9.14. The molecule has 4 heteroatoms. The van der Waals surface area contributed by atoms with Crippen LogP contribution in [0.25, 0.3) is 0 Å². The number of morpholine rings is 1. The predicted octanol–water partition coefficient (Wildman–Crippen LogP) is 2.38. The van der Waals surface area contributed by atoms with E-state index in [0.717, 1.165) is 19.6 Å². The van der Waals surface area contributed by atoms with Gasteiger partial charge >= 0.3 is 0 Å². The smallest absolute Gasteiger partial charge is 0.0933 e.